The second-order valence-corrected chi connectivity index (χ2v) is 8.71. The van der Waals surface area contributed by atoms with Gasteiger partial charge in [-0.05, 0) is 37.6 Å². The molecule has 2 rings (SSSR count). The third kappa shape index (κ3) is 4.24. The van der Waals surface area contributed by atoms with Gasteiger partial charge in [0.2, 0.25) is 5.28 Å². The number of rotatable bonds is 4. The summed E-state index contributed by atoms with van der Waals surface area (Å²) in [4.78, 5) is 11.1. The van der Waals surface area contributed by atoms with E-state index in [1.54, 1.807) is 0 Å². The lowest BCUT2D eigenvalue weighted by atomic mass is 10.1. The van der Waals surface area contributed by atoms with E-state index in [-0.39, 0.29) is 4.75 Å². The topological polar surface area (TPSA) is 38.2 Å². The number of morpholine rings is 1. The van der Waals surface area contributed by atoms with E-state index < -0.39 is 0 Å². The Bertz CT molecular complexity index is 496. The number of nitrogens with zero attached hydrogens (tertiary/aromatic N) is 3. The van der Waals surface area contributed by atoms with Crippen LogP contribution in [-0.2, 0) is 9.48 Å². The van der Waals surface area contributed by atoms with E-state index in [1.165, 1.54) is 0 Å². The molecule has 1 fully saturated rings. The predicted molar refractivity (Wildman–Crippen MR) is 90.4 cm³/mol. The smallest absolute Gasteiger partial charge is 0.224 e. The Kier molecular flexibility index (Phi) is 5.38. The summed E-state index contributed by atoms with van der Waals surface area (Å²) in [5.74, 6) is 0.901. The van der Waals surface area contributed by atoms with Crippen molar-refractivity contribution in [1.29, 1.82) is 0 Å². The molecule has 0 aromatic carbocycles. The van der Waals surface area contributed by atoms with Gasteiger partial charge in [0.15, 0.2) is 0 Å². The summed E-state index contributed by atoms with van der Waals surface area (Å²) >= 11 is 8.05. The highest BCUT2D eigenvalue weighted by Gasteiger charge is 2.28. The van der Waals surface area contributed by atoms with Gasteiger partial charge in [-0.1, -0.05) is 13.8 Å². The normalized spacial score (nSPS) is 20.1. The molecule has 1 aromatic heterocycles. The number of anilines is 1. The van der Waals surface area contributed by atoms with Crippen LogP contribution in [0.3, 0.4) is 0 Å². The van der Waals surface area contributed by atoms with E-state index >= 15 is 0 Å². The lowest BCUT2D eigenvalue weighted by molar-refractivity contribution is 0.0985. The van der Waals surface area contributed by atoms with Crippen LogP contribution >= 0.6 is 23.4 Å². The molecular formula is C15H24ClN3OS. The minimum atomic E-state index is -0.0922. The highest BCUT2D eigenvalue weighted by atomic mass is 35.5. The van der Waals surface area contributed by atoms with E-state index in [4.69, 9.17) is 16.3 Å². The van der Waals surface area contributed by atoms with Crippen LogP contribution in [0.2, 0.25) is 5.28 Å². The maximum atomic E-state index is 6.17. The van der Waals surface area contributed by atoms with Crippen LogP contribution in [0.4, 0.5) is 5.82 Å². The molecule has 1 aliphatic rings. The van der Waals surface area contributed by atoms with Crippen molar-refractivity contribution in [2.24, 2.45) is 0 Å². The number of halogens is 1. The van der Waals surface area contributed by atoms with Crippen LogP contribution in [0.15, 0.2) is 6.07 Å². The van der Waals surface area contributed by atoms with E-state index in [0.29, 0.717) is 16.6 Å². The van der Waals surface area contributed by atoms with Crippen LogP contribution in [0.25, 0.3) is 0 Å². The Labute approximate surface area is 136 Å². The summed E-state index contributed by atoms with van der Waals surface area (Å²) in [6.07, 6.45) is 0. The maximum Gasteiger partial charge on any atom is 0.224 e. The van der Waals surface area contributed by atoms with Crippen molar-refractivity contribution >= 4 is 29.2 Å². The van der Waals surface area contributed by atoms with Gasteiger partial charge in [-0.25, -0.2) is 9.97 Å². The first kappa shape index (κ1) is 16.8. The lowest BCUT2D eigenvalue weighted by Gasteiger charge is -2.35. The molecule has 0 spiro atoms. The van der Waals surface area contributed by atoms with Crippen molar-refractivity contribution < 1.29 is 4.74 Å². The van der Waals surface area contributed by atoms with E-state index in [0.717, 1.165) is 31.3 Å². The fourth-order valence-electron chi connectivity index (χ4n) is 2.58. The number of hydrogen-bond acceptors (Lipinski definition) is 5. The van der Waals surface area contributed by atoms with Crippen molar-refractivity contribution in [1.82, 2.24) is 9.97 Å². The maximum absolute atomic E-state index is 6.17. The number of aromatic nitrogens is 2. The zero-order valence-electron chi connectivity index (χ0n) is 13.4. The van der Waals surface area contributed by atoms with Gasteiger partial charge in [0.05, 0.1) is 29.7 Å². The zero-order valence-corrected chi connectivity index (χ0v) is 15.0. The van der Waals surface area contributed by atoms with Crippen LogP contribution in [0, 0.1) is 0 Å². The van der Waals surface area contributed by atoms with Crippen LogP contribution in [0.1, 0.15) is 40.3 Å². The van der Waals surface area contributed by atoms with Gasteiger partial charge < -0.3 is 9.64 Å². The van der Waals surface area contributed by atoms with E-state index in [9.17, 15) is 0 Å². The molecule has 6 heteroatoms. The third-order valence-corrected chi connectivity index (χ3v) is 4.93. The summed E-state index contributed by atoms with van der Waals surface area (Å²) in [5.41, 5.74) is 0.981. The fraction of sp³-hybridized carbons (Fsp3) is 0.733. The van der Waals surface area contributed by atoms with Gasteiger partial charge in [-0.3, -0.25) is 0 Å². The Morgan fingerprint density at radius 3 is 2.76 bits per heavy atom. The molecule has 0 unspecified atom stereocenters. The predicted octanol–water partition coefficient (Wildman–Crippen LogP) is 3.73. The Morgan fingerprint density at radius 1 is 1.43 bits per heavy atom. The molecule has 1 saturated heterocycles. The number of hydrogen-bond donors (Lipinski definition) is 0. The second kappa shape index (κ2) is 6.71. The monoisotopic (exact) mass is 329 g/mol. The van der Waals surface area contributed by atoms with Crippen molar-refractivity contribution in [3.63, 3.8) is 0 Å². The average molecular weight is 330 g/mol. The Morgan fingerprint density at radius 2 is 2.14 bits per heavy atom. The molecule has 118 valence electrons. The molecule has 21 heavy (non-hydrogen) atoms. The molecule has 0 N–H and O–H groups in total. The third-order valence-electron chi connectivity index (χ3n) is 3.49. The van der Waals surface area contributed by atoms with Gasteiger partial charge in [-0.2, -0.15) is 0 Å². The molecule has 0 radical (unpaired) electrons. The Hall–Kier alpha value is -0.520. The molecule has 1 aromatic rings. The molecule has 0 bridgehead atoms. The summed E-state index contributed by atoms with van der Waals surface area (Å²) in [5, 5.41) is 0.845. The molecule has 4 nitrogen and oxygen atoms in total. The first-order valence-corrected chi connectivity index (χ1v) is 8.62. The summed E-state index contributed by atoms with van der Waals surface area (Å²) < 4.78 is 5.40. The quantitative estimate of drug-likeness (QED) is 0.787. The fourth-order valence-corrected chi connectivity index (χ4v) is 4.16. The van der Waals surface area contributed by atoms with Crippen molar-refractivity contribution in [2.45, 2.75) is 50.7 Å². The van der Waals surface area contributed by atoms with Gasteiger partial charge in [0.25, 0.3) is 0 Å². The molecule has 0 aliphatic carbocycles. The minimum absolute atomic E-state index is 0.0922. The van der Waals surface area contributed by atoms with Crippen LogP contribution in [0.5, 0.6) is 0 Å². The van der Waals surface area contributed by atoms with Gasteiger partial charge >= 0.3 is 0 Å². The van der Waals surface area contributed by atoms with E-state index in [1.807, 2.05) is 11.8 Å². The largest absolute Gasteiger partial charge is 0.377 e. The average Bonchev–Trinajstić information content (AvgIpc) is 2.37. The number of thioether (sulfide) groups is 1. The van der Waals surface area contributed by atoms with Gasteiger partial charge in [0, 0.05) is 12.6 Å². The second-order valence-electron chi connectivity index (χ2n) is 6.17. The lowest BCUT2D eigenvalue weighted by Crippen LogP contribution is -2.44. The molecule has 1 aliphatic heterocycles. The molecular weight excluding hydrogens is 306 g/mol. The van der Waals surface area contributed by atoms with Crippen molar-refractivity contribution in [3.8, 4) is 0 Å². The Balaban J connectivity index is 2.32. The van der Waals surface area contributed by atoms with Gasteiger partial charge in [0.1, 0.15) is 5.82 Å². The molecule has 2 heterocycles. The highest BCUT2D eigenvalue weighted by Crippen LogP contribution is 2.38. The minimum Gasteiger partial charge on any atom is -0.377 e. The molecule has 0 amide bonds. The summed E-state index contributed by atoms with van der Waals surface area (Å²) in [6, 6.07) is 2.38. The van der Waals surface area contributed by atoms with Crippen molar-refractivity contribution in [2.75, 3.05) is 24.7 Å². The zero-order chi connectivity index (χ0) is 15.6. The standard InChI is InChI=1S/C15H24ClN3OS/c1-10(2)21-15(4,5)12-8-13(18-14(16)17-12)19-6-7-20-9-11(19)3/h8,10-11H,6-7,9H2,1-5H3/t11-/m0/s1. The molecule has 0 saturated carbocycles. The summed E-state index contributed by atoms with van der Waals surface area (Å²) in [7, 11) is 0. The first-order valence-electron chi connectivity index (χ1n) is 7.37. The van der Waals surface area contributed by atoms with Gasteiger partial charge in [-0.15, -0.1) is 11.8 Å². The van der Waals surface area contributed by atoms with Crippen LogP contribution < -0.4 is 4.90 Å². The van der Waals surface area contributed by atoms with E-state index in [2.05, 4.69) is 55.6 Å². The van der Waals surface area contributed by atoms with Crippen LogP contribution in [-0.4, -0.2) is 41.0 Å². The SMILES string of the molecule is CC(C)SC(C)(C)c1cc(N2CCOC[C@@H]2C)nc(Cl)n1. The number of ether oxygens (including phenoxy) is 1. The first-order chi connectivity index (χ1) is 9.79. The molecule has 1 atom stereocenters. The summed E-state index contributed by atoms with van der Waals surface area (Å²) in [6.45, 7) is 13.2. The van der Waals surface area contributed by atoms with Crippen molar-refractivity contribution in [3.05, 3.63) is 17.0 Å². The highest BCUT2D eigenvalue weighted by molar-refractivity contribution is 8.00.